The summed E-state index contributed by atoms with van der Waals surface area (Å²) in [6.07, 6.45) is 13.5. The van der Waals surface area contributed by atoms with Crippen molar-refractivity contribution in [3.63, 3.8) is 0 Å². The second-order valence-corrected chi connectivity index (χ2v) is 8.80. The topological polar surface area (TPSA) is 37.1 Å². The van der Waals surface area contributed by atoms with Crippen LogP contribution in [0.4, 0.5) is 5.69 Å². The van der Waals surface area contributed by atoms with E-state index in [1.54, 1.807) is 13.2 Å². The van der Waals surface area contributed by atoms with Crippen molar-refractivity contribution in [3.8, 4) is 0 Å². The first-order chi connectivity index (χ1) is 16.8. The van der Waals surface area contributed by atoms with Crippen LogP contribution in [0.2, 0.25) is 0 Å². The molecule has 0 saturated heterocycles. The van der Waals surface area contributed by atoms with Crippen LogP contribution < -0.4 is 0 Å². The minimum Gasteiger partial charge on any atom is -0.296 e. The number of hydrogen-bond acceptors (Lipinski definition) is 3. The molecule has 1 atom stereocenters. The molecule has 0 fully saturated rings. The third-order valence-electron chi connectivity index (χ3n) is 6.17. The summed E-state index contributed by atoms with van der Waals surface area (Å²) in [7, 11) is 1.76. The molecule has 3 heteroatoms. The Bertz CT molecular complexity index is 1190. The van der Waals surface area contributed by atoms with Crippen molar-refractivity contribution in [2.75, 3.05) is 7.05 Å². The molecule has 0 N–H and O–H groups in total. The van der Waals surface area contributed by atoms with Crippen molar-refractivity contribution in [2.45, 2.75) is 47.5 Å². The Balaban J connectivity index is 2.54. The highest BCUT2D eigenvalue weighted by molar-refractivity contribution is 6.10. The molecule has 3 nitrogen and oxygen atoms in total. The molecule has 0 bridgehead atoms. The van der Waals surface area contributed by atoms with Crippen LogP contribution in [0.1, 0.15) is 48.6 Å². The van der Waals surface area contributed by atoms with E-state index in [9.17, 15) is 0 Å². The Morgan fingerprint density at radius 3 is 2.46 bits per heavy atom. The molecule has 0 aromatic heterocycles. The molecule has 0 aliphatic carbocycles. The minimum absolute atomic E-state index is 0.184. The fourth-order valence-electron chi connectivity index (χ4n) is 4.03. The first kappa shape index (κ1) is 27.7. The number of nitrogens with zero attached hydrogens (tertiary/aromatic N) is 3. The maximum Gasteiger partial charge on any atom is 0.0661 e. The first-order valence-corrected chi connectivity index (χ1v) is 12.1. The highest BCUT2D eigenvalue weighted by Crippen LogP contribution is 2.28. The number of hydrogen-bond donors (Lipinski definition) is 0. The largest absolute Gasteiger partial charge is 0.296 e. The molecule has 35 heavy (non-hydrogen) atoms. The van der Waals surface area contributed by atoms with Crippen molar-refractivity contribution in [2.24, 2.45) is 20.9 Å². The Morgan fingerprint density at radius 2 is 1.80 bits per heavy atom. The summed E-state index contributed by atoms with van der Waals surface area (Å²) in [5.74, 6) is 0.184. The molecule has 2 rings (SSSR count). The number of aryl methyl sites for hydroxylation is 4. The lowest BCUT2D eigenvalue weighted by atomic mass is 9.94. The summed E-state index contributed by atoms with van der Waals surface area (Å²) < 4.78 is 0. The summed E-state index contributed by atoms with van der Waals surface area (Å²) in [6, 6.07) is 13.1. The summed E-state index contributed by atoms with van der Waals surface area (Å²) in [6.45, 7) is 18.1. The SMILES string of the molecule is C=C/C=C(\C=C/C)C(C)C(C)=Nc1ccc(/C(C=NC)=C/N=C)cc1CCc1cc(C)ccc1C. The fraction of sp³-hybridized carbons (Fsp3) is 0.281. The van der Waals surface area contributed by atoms with Crippen LogP contribution in [-0.2, 0) is 12.8 Å². The molecule has 2 aromatic rings. The number of aliphatic imine (C=N–C) groups is 3. The average molecular weight is 466 g/mol. The van der Waals surface area contributed by atoms with Gasteiger partial charge in [0.2, 0.25) is 0 Å². The van der Waals surface area contributed by atoms with E-state index in [2.05, 4.69) is 106 Å². The Labute approximate surface area is 212 Å². The van der Waals surface area contributed by atoms with Gasteiger partial charge in [0.15, 0.2) is 0 Å². The molecule has 0 aliphatic heterocycles. The smallest absolute Gasteiger partial charge is 0.0661 e. The third-order valence-corrected chi connectivity index (χ3v) is 6.17. The van der Waals surface area contributed by atoms with Gasteiger partial charge in [-0.15, -0.1) is 0 Å². The Hall–Kier alpha value is -3.59. The molecule has 0 amide bonds. The standard InChI is InChI=1S/C32H39N3/c1-9-11-27(12-10-2)25(5)26(6)35-32-18-17-29(31(21-33-7)22-34-8)20-30(32)16-15-28-19-23(3)13-14-24(28)4/h9-14,17-22,25H,1,7,15-16H2,2-6,8H3/b12-10-,27-11+,31-21+,34-22?,35-26?. The highest BCUT2D eigenvalue weighted by atomic mass is 14.8. The van der Waals surface area contributed by atoms with Gasteiger partial charge in [-0.05, 0) is 87.2 Å². The van der Waals surface area contributed by atoms with Crippen LogP contribution in [0.25, 0.3) is 5.57 Å². The van der Waals surface area contributed by atoms with Crippen LogP contribution in [0, 0.1) is 19.8 Å². The fourth-order valence-corrected chi connectivity index (χ4v) is 4.03. The molecule has 0 radical (unpaired) electrons. The molecular formula is C32H39N3. The molecule has 1 unspecified atom stereocenters. The quantitative estimate of drug-likeness (QED) is 0.237. The summed E-state index contributed by atoms with van der Waals surface area (Å²) in [5.41, 5.74) is 10.4. The first-order valence-electron chi connectivity index (χ1n) is 12.1. The van der Waals surface area contributed by atoms with E-state index >= 15 is 0 Å². The van der Waals surface area contributed by atoms with E-state index in [1.807, 2.05) is 19.2 Å². The van der Waals surface area contributed by atoms with Gasteiger partial charge in [0.25, 0.3) is 0 Å². The summed E-state index contributed by atoms with van der Waals surface area (Å²) >= 11 is 0. The lowest BCUT2D eigenvalue weighted by Crippen LogP contribution is -2.09. The zero-order valence-corrected chi connectivity index (χ0v) is 22.2. The van der Waals surface area contributed by atoms with Crippen LogP contribution in [0.5, 0.6) is 0 Å². The van der Waals surface area contributed by atoms with E-state index in [0.29, 0.717) is 0 Å². The van der Waals surface area contributed by atoms with Gasteiger partial charge in [-0.1, -0.05) is 67.6 Å². The summed E-state index contributed by atoms with van der Waals surface area (Å²) in [5, 5.41) is 0. The van der Waals surface area contributed by atoms with Gasteiger partial charge in [0, 0.05) is 36.7 Å². The van der Waals surface area contributed by atoms with E-state index in [4.69, 9.17) is 4.99 Å². The summed E-state index contributed by atoms with van der Waals surface area (Å²) in [4.78, 5) is 13.3. The van der Waals surface area contributed by atoms with E-state index in [-0.39, 0.29) is 5.92 Å². The number of benzene rings is 2. The van der Waals surface area contributed by atoms with E-state index < -0.39 is 0 Å². The molecular weight excluding hydrogens is 426 g/mol. The van der Waals surface area contributed by atoms with Gasteiger partial charge in [-0.25, -0.2) is 0 Å². The van der Waals surface area contributed by atoms with E-state index in [1.165, 1.54) is 27.8 Å². The minimum atomic E-state index is 0.184. The van der Waals surface area contributed by atoms with Gasteiger partial charge in [0.1, 0.15) is 0 Å². The van der Waals surface area contributed by atoms with Crippen molar-refractivity contribution in [1.29, 1.82) is 0 Å². The zero-order valence-electron chi connectivity index (χ0n) is 22.2. The molecule has 0 spiro atoms. The maximum atomic E-state index is 5.11. The van der Waals surface area contributed by atoms with Crippen LogP contribution in [-0.4, -0.2) is 25.7 Å². The van der Waals surface area contributed by atoms with Crippen molar-refractivity contribution in [1.82, 2.24) is 0 Å². The molecule has 0 aliphatic rings. The van der Waals surface area contributed by atoms with Gasteiger partial charge >= 0.3 is 0 Å². The number of allylic oxidation sites excluding steroid dienone is 6. The predicted molar refractivity (Wildman–Crippen MR) is 157 cm³/mol. The van der Waals surface area contributed by atoms with Gasteiger partial charge in [-0.2, -0.15) is 0 Å². The second-order valence-electron chi connectivity index (χ2n) is 8.80. The monoisotopic (exact) mass is 465 g/mol. The third kappa shape index (κ3) is 7.99. The lowest BCUT2D eigenvalue weighted by Gasteiger charge is -2.15. The average Bonchev–Trinajstić information content (AvgIpc) is 2.84. The maximum absolute atomic E-state index is 5.11. The zero-order chi connectivity index (χ0) is 25.8. The Morgan fingerprint density at radius 1 is 1.06 bits per heavy atom. The van der Waals surface area contributed by atoms with Crippen LogP contribution in [0.3, 0.4) is 0 Å². The van der Waals surface area contributed by atoms with Crippen LogP contribution >= 0.6 is 0 Å². The molecule has 182 valence electrons. The lowest BCUT2D eigenvalue weighted by molar-refractivity contribution is 0.928. The Kier molecular flexibility index (Phi) is 11.0. The van der Waals surface area contributed by atoms with Gasteiger partial charge in [0.05, 0.1) is 5.69 Å². The normalized spacial score (nSPS) is 14.1. The molecule has 0 saturated carbocycles. The predicted octanol–water partition coefficient (Wildman–Crippen LogP) is 8.25. The van der Waals surface area contributed by atoms with Crippen LogP contribution in [0.15, 0.2) is 94.0 Å². The molecule has 2 aromatic carbocycles. The number of rotatable bonds is 11. The van der Waals surface area contributed by atoms with Crippen molar-refractivity contribution in [3.05, 3.63) is 107 Å². The second kappa shape index (κ2) is 14.0. The molecule has 0 heterocycles. The highest BCUT2D eigenvalue weighted by Gasteiger charge is 2.12. The van der Waals surface area contributed by atoms with Gasteiger partial charge in [-0.3, -0.25) is 15.0 Å². The van der Waals surface area contributed by atoms with E-state index in [0.717, 1.165) is 35.4 Å². The van der Waals surface area contributed by atoms with Crippen molar-refractivity contribution >= 4 is 29.9 Å². The van der Waals surface area contributed by atoms with Gasteiger partial charge < -0.3 is 0 Å². The van der Waals surface area contributed by atoms with Crippen molar-refractivity contribution < 1.29 is 0 Å².